The number of hydrogen-bond donors (Lipinski definition) is 1. The summed E-state index contributed by atoms with van der Waals surface area (Å²) in [7, 11) is 2.73. The van der Waals surface area contributed by atoms with Gasteiger partial charge in [0.15, 0.2) is 0 Å². The third kappa shape index (κ3) is 3.48. The van der Waals surface area contributed by atoms with Gasteiger partial charge in [0.25, 0.3) is 0 Å². The quantitative estimate of drug-likeness (QED) is 0.787. The topological polar surface area (TPSA) is 72.8 Å². The fourth-order valence-corrected chi connectivity index (χ4v) is 1.43. The van der Waals surface area contributed by atoms with Crippen LogP contribution in [-0.4, -0.2) is 31.3 Å². The Hall–Kier alpha value is -2.04. The number of benzene rings is 1. The first-order valence-electron chi connectivity index (χ1n) is 5.05. The van der Waals surface area contributed by atoms with Crippen LogP contribution in [-0.2, 0) is 16.0 Å². The van der Waals surface area contributed by atoms with Gasteiger partial charge in [-0.15, -0.1) is 0 Å². The van der Waals surface area contributed by atoms with Crippen molar-refractivity contribution in [3.8, 4) is 5.75 Å². The molecule has 92 valence electrons. The maximum Gasteiger partial charge on any atom is 0.339 e. The van der Waals surface area contributed by atoms with E-state index < -0.39 is 5.97 Å². The van der Waals surface area contributed by atoms with Crippen LogP contribution in [0, 0.1) is 0 Å². The molecule has 0 saturated carbocycles. The molecule has 1 aromatic carbocycles. The highest BCUT2D eigenvalue weighted by molar-refractivity contribution is 5.91. The molecule has 0 spiro atoms. The molecule has 0 heterocycles. The smallest absolute Gasteiger partial charge is 0.339 e. The van der Waals surface area contributed by atoms with E-state index in [4.69, 9.17) is 9.84 Å². The lowest BCUT2D eigenvalue weighted by Crippen LogP contribution is -2.04. The van der Waals surface area contributed by atoms with E-state index in [1.807, 2.05) is 0 Å². The van der Waals surface area contributed by atoms with Crippen LogP contribution in [0.5, 0.6) is 5.75 Å². The first-order valence-corrected chi connectivity index (χ1v) is 5.05. The van der Waals surface area contributed by atoms with Gasteiger partial charge in [0.05, 0.1) is 14.2 Å². The Labute approximate surface area is 99.0 Å². The first kappa shape index (κ1) is 13.0. The third-order valence-corrected chi connectivity index (χ3v) is 2.34. The fourth-order valence-electron chi connectivity index (χ4n) is 1.43. The highest BCUT2D eigenvalue weighted by Gasteiger charge is 2.12. The van der Waals surface area contributed by atoms with Crippen molar-refractivity contribution in [1.82, 2.24) is 0 Å². The number of esters is 1. The summed E-state index contributed by atoms with van der Waals surface area (Å²) in [6.45, 7) is 0. The molecule has 0 aliphatic carbocycles. The molecule has 17 heavy (non-hydrogen) atoms. The molecular weight excluding hydrogens is 224 g/mol. The van der Waals surface area contributed by atoms with E-state index in [2.05, 4.69) is 4.74 Å². The summed E-state index contributed by atoms with van der Waals surface area (Å²) in [5.74, 6) is -1.07. The van der Waals surface area contributed by atoms with Crippen molar-refractivity contribution < 1.29 is 24.2 Å². The number of rotatable bonds is 5. The molecule has 0 fully saturated rings. The molecule has 0 bridgehead atoms. The Kier molecular flexibility index (Phi) is 4.51. The van der Waals surface area contributed by atoms with Crippen LogP contribution in [0.4, 0.5) is 0 Å². The van der Waals surface area contributed by atoms with Gasteiger partial charge in [-0.3, -0.25) is 4.79 Å². The predicted molar refractivity (Wildman–Crippen MR) is 60.3 cm³/mol. The molecule has 5 nitrogen and oxygen atoms in total. The molecular formula is C12H14O5. The summed E-state index contributed by atoms with van der Waals surface area (Å²) >= 11 is 0. The van der Waals surface area contributed by atoms with Crippen molar-refractivity contribution >= 4 is 11.9 Å². The molecule has 5 heteroatoms. The minimum atomic E-state index is -1.05. The van der Waals surface area contributed by atoms with Gasteiger partial charge in [-0.05, 0) is 24.1 Å². The maximum atomic E-state index is 11.0. The van der Waals surface area contributed by atoms with Gasteiger partial charge in [0.2, 0.25) is 0 Å². The standard InChI is InChI=1S/C12H14O5/c1-16-10-5-3-8(4-6-11(13)17-2)7-9(10)12(14)15/h3,5,7H,4,6H2,1-2H3,(H,14,15). The second-order valence-corrected chi connectivity index (χ2v) is 3.42. The van der Waals surface area contributed by atoms with Crippen LogP contribution in [0.15, 0.2) is 18.2 Å². The molecule has 0 aromatic heterocycles. The Bertz CT molecular complexity index is 425. The van der Waals surface area contributed by atoms with Gasteiger partial charge in [0, 0.05) is 6.42 Å². The van der Waals surface area contributed by atoms with E-state index in [-0.39, 0.29) is 18.0 Å². The monoisotopic (exact) mass is 238 g/mol. The second-order valence-electron chi connectivity index (χ2n) is 3.42. The number of carbonyl (C=O) groups excluding carboxylic acids is 1. The highest BCUT2D eigenvalue weighted by atomic mass is 16.5. The number of carboxylic acid groups (broad SMARTS) is 1. The summed E-state index contributed by atoms with van der Waals surface area (Å²) in [5, 5.41) is 8.97. The van der Waals surface area contributed by atoms with Gasteiger partial charge in [-0.1, -0.05) is 6.07 Å². The van der Waals surface area contributed by atoms with Crippen molar-refractivity contribution in [3.63, 3.8) is 0 Å². The number of carboxylic acids is 1. The van der Waals surface area contributed by atoms with Crippen LogP contribution in [0.3, 0.4) is 0 Å². The lowest BCUT2D eigenvalue weighted by atomic mass is 10.1. The van der Waals surface area contributed by atoms with Gasteiger partial charge in [-0.2, -0.15) is 0 Å². The van der Waals surface area contributed by atoms with Crippen LogP contribution >= 0.6 is 0 Å². The van der Waals surface area contributed by atoms with Crippen LogP contribution in [0.25, 0.3) is 0 Å². The lowest BCUT2D eigenvalue weighted by Gasteiger charge is -2.07. The summed E-state index contributed by atoms with van der Waals surface area (Å²) in [6.07, 6.45) is 0.666. The second kappa shape index (κ2) is 5.89. The Morgan fingerprint density at radius 3 is 2.53 bits per heavy atom. The summed E-state index contributed by atoms with van der Waals surface area (Å²) in [4.78, 5) is 21.9. The molecule has 0 amide bonds. The van der Waals surface area contributed by atoms with E-state index in [0.29, 0.717) is 12.2 Å². The largest absolute Gasteiger partial charge is 0.496 e. The van der Waals surface area contributed by atoms with Gasteiger partial charge in [0.1, 0.15) is 11.3 Å². The molecule has 0 unspecified atom stereocenters. The predicted octanol–water partition coefficient (Wildman–Crippen LogP) is 1.50. The van der Waals surface area contributed by atoms with E-state index in [1.165, 1.54) is 20.3 Å². The lowest BCUT2D eigenvalue weighted by molar-refractivity contribution is -0.140. The van der Waals surface area contributed by atoms with Crippen molar-refractivity contribution in [2.24, 2.45) is 0 Å². The number of carbonyl (C=O) groups is 2. The summed E-state index contributed by atoms with van der Waals surface area (Å²) < 4.78 is 9.45. The van der Waals surface area contributed by atoms with Crippen molar-refractivity contribution in [2.75, 3.05) is 14.2 Å². The Balaban J connectivity index is 2.85. The maximum absolute atomic E-state index is 11.0. The van der Waals surface area contributed by atoms with Crippen LogP contribution < -0.4 is 4.74 Å². The zero-order chi connectivity index (χ0) is 12.8. The molecule has 0 radical (unpaired) electrons. The molecule has 0 aliphatic heterocycles. The number of aromatic carboxylic acids is 1. The van der Waals surface area contributed by atoms with Crippen LogP contribution in [0.2, 0.25) is 0 Å². The molecule has 0 atom stereocenters. The Morgan fingerprint density at radius 2 is 2.00 bits per heavy atom. The van der Waals surface area contributed by atoms with E-state index in [1.54, 1.807) is 12.1 Å². The molecule has 1 rings (SSSR count). The number of aryl methyl sites for hydroxylation is 1. The SMILES string of the molecule is COC(=O)CCc1ccc(OC)c(C(=O)O)c1. The summed E-state index contributed by atoms with van der Waals surface area (Å²) in [6, 6.07) is 4.81. The van der Waals surface area contributed by atoms with Crippen molar-refractivity contribution in [2.45, 2.75) is 12.8 Å². The highest BCUT2D eigenvalue weighted by Crippen LogP contribution is 2.20. The van der Waals surface area contributed by atoms with Gasteiger partial charge in [-0.25, -0.2) is 4.79 Å². The van der Waals surface area contributed by atoms with Crippen molar-refractivity contribution in [3.05, 3.63) is 29.3 Å². The third-order valence-electron chi connectivity index (χ3n) is 2.34. The fraction of sp³-hybridized carbons (Fsp3) is 0.333. The van der Waals surface area contributed by atoms with E-state index in [0.717, 1.165) is 5.56 Å². The molecule has 1 N–H and O–H groups in total. The summed E-state index contributed by atoms with van der Waals surface area (Å²) in [5.41, 5.74) is 0.850. The first-order chi connectivity index (χ1) is 8.08. The zero-order valence-corrected chi connectivity index (χ0v) is 9.73. The van der Waals surface area contributed by atoms with E-state index >= 15 is 0 Å². The number of hydrogen-bond acceptors (Lipinski definition) is 4. The average molecular weight is 238 g/mol. The van der Waals surface area contributed by atoms with Gasteiger partial charge < -0.3 is 14.6 Å². The van der Waals surface area contributed by atoms with E-state index in [9.17, 15) is 9.59 Å². The minimum absolute atomic E-state index is 0.0925. The normalized spacial score (nSPS) is 9.76. The minimum Gasteiger partial charge on any atom is -0.496 e. The molecule has 0 aliphatic rings. The number of ether oxygens (including phenoxy) is 2. The van der Waals surface area contributed by atoms with Crippen molar-refractivity contribution in [1.29, 1.82) is 0 Å². The zero-order valence-electron chi connectivity index (χ0n) is 9.73. The molecule has 0 saturated heterocycles. The van der Waals surface area contributed by atoms with Gasteiger partial charge >= 0.3 is 11.9 Å². The molecule has 1 aromatic rings. The Morgan fingerprint density at radius 1 is 1.29 bits per heavy atom. The number of methoxy groups -OCH3 is 2. The average Bonchev–Trinajstić information content (AvgIpc) is 2.35. The van der Waals surface area contributed by atoms with Crippen LogP contribution in [0.1, 0.15) is 22.3 Å².